The Balaban J connectivity index is 2.62. The van der Waals surface area contributed by atoms with E-state index >= 15 is 0 Å². The number of carbonyl (C=O) groups is 1. The summed E-state index contributed by atoms with van der Waals surface area (Å²) in [7, 11) is 0. The number of hydrogen-bond donors (Lipinski definition) is 0. The Bertz CT molecular complexity index is 497. The predicted molar refractivity (Wildman–Crippen MR) is 60.6 cm³/mol. The van der Waals surface area contributed by atoms with Gasteiger partial charge < -0.3 is 4.57 Å². The predicted octanol–water partition coefficient (Wildman–Crippen LogP) is 2.91. The second-order valence-electron chi connectivity index (χ2n) is 3.69. The molecule has 2 heteroatoms. The van der Waals surface area contributed by atoms with Gasteiger partial charge in [-0.15, -0.1) is 0 Å². The molecule has 0 aliphatic rings. The first kappa shape index (κ1) is 9.71. The zero-order valence-electron chi connectivity index (χ0n) is 8.90. The summed E-state index contributed by atoms with van der Waals surface area (Å²) in [5, 5.41) is 0. The Morgan fingerprint density at radius 3 is 2.60 bits per heavy atom. The van der Waals surface area contributed by atoms with Gasteiger partial charge in [0.05, 0.1) is 5.69 Å². The van der Waals surface area contributed by atoms with E-state index in [-0.39, 0.29) is 0 Å². The molecular weight excluding hydrogens is 186 g/mol. The summed E-state index contributed by atoms with van der Waals surface area (Å²) in [5.41, 5.74) is 4.00. The Labute approximate surface area is 89.2 Å². The molecule has 76 valence electrons. The first-order chi connectivity index (χ1) is 7.22. The SMILES string of the molecule is Cc1cccc(-n2c(C)ccc2C=O)c1. The molecule has 0 unspecified atom stereocenters. The number of aromatic nitrogens is 1. The number of aryl methyl sites for hydroxylation is 2. The van der Waals surface area contributed by atoms with E-state index in [1.807, 2.05) is 48.7 Å². The summed E-state index contributed by atoms with van der Waals surface area (Å²) < 4.78 is 1.96. The van der Waals surface area contributed by atoms with Crippen molar-refractivity contribution in [2.75, 3.05) is 0 Å². The highest BCUT2D eigenvalue weighted by Crippen LogP contribution is 2.16. The van der Waals surface area contributed by atoms with Crippen LogP contribution in [0.1, 0.15) is 21.7 Å². The van der Waals surface area contributed by atoms with Crippen LogP contribution >= 0.6 is 0 Å². The van der Waals surface area contributed by atoms with Crippen molar-refractivity contribution in [3.63, 3.8) is 0 Å². The maximum Gasteiger partial charge on any atom is 0.166 e. The van der Waals surface area contributed by atoms with Crippen LogP contribution in [0.15, 0.2) is 36.4 Å². The second-order valence-corrected chi connectivity index (χ2v) is 3.69. The normalized spacial score (nSPS) is 10.3. The molecule has 0 bridgehead atoms. The molecule has 0 atom stereocenters. The minimum atomic E-state index is 0.693. The third-order valence-corrected chi connectivity index (χ3v) is 2.49. The average molecular weight is 199 g/mol. The van der Waals surface area contributed by atoms with Gasteiger partial charge in [0, 0.05) is 11.4 Å². The fourth-order valence-electron chi connectivity index (χ4n) is 1.77. The number of rotatable bonds is 2. The zero-order valence-corrected chi connectivity index (χ0v) is 8.90. The Kier molecular flexibility index (Phi) is 2.42. The highest BCUT2D eigenvalue weighted by atomic mass is 16.1. The molecule has 1 aromatic heterocycles. The van der Waals surface area contributed by atoms with E-state index in [0.29, 0.717) is 5.69 Å². The van der Waals surface area contributed by atoms with Crippen LogP contribution in [-0.2, 0) is 0 Å². The number of nitrogens with zero attached hydrogens (tertiary/aromatic N) is 1. The molecule has 2 rings (SSSR count). The van der Waals surface area contributed by atoms with Crippen LogP contribution in [0.4, 0.5) is 0 Å². The molecule has 0 amide bonds. The smallest absolute Gasteiger partial charge is 0.166 e. The Morgan fingerprint density at radius 1 is 1.13 bits per heavy atom. The van der Waals surface area contributed by atoms with Crippen molar-refractivity contribution in [3.8, 4) is 5.69 Å². The maximum absolute atomic E-state index is 10.9. The summed E-state index contributed by atoms with van der Waals surface area (Å²) in [5.74, 6) is 0. The van der Waals surface area contributed by atoms with E-state index in [2.05, 4.69) is 6.07 Å². The van der Waals surface area contributed by atoms with Crippen molar-refractivity contribution in [1.29, 1.82) is 0 Å². The highest BCUT2D eigenvalue weighted by molar-refractivity contribution is 5.74. The first-order valence-electron chi connectivity index (χ1n) is 4.93. The van der Waals surface area contributed by atoms with Gasteiger partial charge in [0.25, 0.3) is 0 Å². The van der Waals surface area contributed by atoms with Crippen molar-refractivity contribution in [2.24, 2.45) is 0 Å². The van der Waals surface area contributed by atoms with E-state index in [4.69, 9.17) is 0 Å². The zero-order chi connectivity index (χ0) is 10.8. The Morgan fingerprint density at radius 2 is 1.93 bits per heavy atom. The lowest BCUT2D eigenvalue weighted by Crippen LogP contribution is -2.00. The van der Waals surface area contributed by atoms with Gasteiger partial charge in [-0.2, -0.15) is 0 Å². The first-order valence-corrected chi connectivity index (χ1v) is 4.93. The minimum Gasteiger partial charge on any atom is -0.311 e. The third-order valence-electron chi connectivity index (χ3n) is 2.49. The minimum absolute atomic E-state index is 0.693. The van der Waals surface area contributed by atoms with Gasteiger partial charge in [0.2, 0.25) is 0 Å². The molecule has 15 heavy (non-hydrogen) atoms. The quantitative estimate of drug-likeness (QED) is 0.681. The molecule has 2 nitrogen and oxygen atoms in total. The average Bonchev–Trinajstić information content (AvgIpc) is 2.59. The Hall–Kier alpha value is -1.83. The fourth-order valence-corrected chi connectivity index (χ4v) is 1.77. The van der Waals surface area contributed by atoms with Crippen LogP contribution < -0.4 is 0 Å². The summed E-state index contributed by atoms with van der Waals surface area (Å²) in [6, 6.07) is 11.9. The van der Waals surface area contributed by atoms with Gasteiger partial charge in [-0.05, 0) is 43.7 Å². The number of aldehydes is 1. The van der Waals surface area contributed by atoms with Crippen LogP contribution in [0.25, 0.3) is 5.69 Å². The highest BCUT2D eigenvalue weighted by Gasteiger charge is 2.05. The van der Waals surface area contributed by atoms with Crippen LogP contribution in [0.5, 0.6) is 0 Å². The van der Waals surface area contributed by atoms with Crippen LogP contribution in [-0.4, -0.2) is 10.9 Å². The van der Waals surface area contributed by atoms with Crippen LogP contribution in [0.2, 0.25) is 0 Å². The molecule has 0 saturated carbocycles. The van der Waals surface area contributed by atoms with E-state index in [9.17, 15) is 4.79 Å². The molecule has 0 fully saturated rings. The van der Waals surface area contributed by atoms with Gasteiger partial charge in [-0.3, -0.25) is 4.79 Å². The fraction of sp³-hybridized carbons (Fsp3) is 0.154. The van der Waals surface area contributed by atoms with Crippen molar-refractivity contribution in [1.82, 2.24) is 4.57 Å². The monoisotopic (exact) mass is 199 g/mol. The molecular formula is C13H13NO. The lowest BCUT2D eigenvalue weighted by atomic mass is 10.2. The molecule has 0 aliphatic carbocycles. The van der Waals surface area contributed by atoms with E-state index < -0.39 is 0 Å². The molecule has 1 aromatic carbocycles. The van der Waals surface area contributed by atoms with E-state index in [1.165, 1.54) is 5.56 Å². The van der Waals surface area contributed by atoms with Crippen molar-refractivity contribution >= 4 is 6.29 Å². The summed E-state index contributed by atoms with van der Waals surface area (Å²) in [6.07, 6.45) is 0.884. The van der Waals surface area contributed by atoms with Crippen molar-refractivity contribution in [3.05, 3.63) is 53.3 Å². The standard InChI is InChI=1S/C13H13NO/c1-10-4-3-5-12(8-10)14-11(2)6-7-13(14)9-15/h3-9H,1-2H3. The van der Waals surface area contributed by atoms with E-state index in [1.54, 1.807) is 0 Å². The molecule has 0 radical (unpaired) electrons. The number of hydrogen-bond acceptors (Lipinski definition) is 1. The summed E-state index contributed by atoms with van der Waals surface area (Å²) in [6.45, 7) is 4.04. The molecule has 0 saturated heterocycles. The molecule has 1 heterocycles. The topological polar surface area (TPSA) is 22.0 Å². The largest absolute Gasteiger partial charge is 0.311 e. The molecule has 0 spiro atoms. The lowest BCUT2D eigenvalue weighted by Gasteiger charge is -2.08. The molecule has 0 aliphatic heterocycles. The molecule has 2 aromatic rings. The van der Waals surface area contributed by atoms with Gasteiger partial charge in [-0.25, -0.2) is 0 Å². The number of benzene rings is 1. The maximum atomic E-state index is 10.9. The summed E-state index contributed by atoms with van der Waals surface area (Å²) in [4.78, 5) is 10.9. The van der Waals surface area contributed by atoms with Gasteiger partial charge in [0.15, 0.2) is 6.29 Å². The third kappa shape index (κ3) is 1.71. The van der Waals surface area contributed by atoms with Gasteiger partial charge in [0.1, 0.15) is 0 Å². The lowest BCUT2D eigenvalue weighted by molar-refractivity contribution is 0.111. The summed E-state index contributed by atoms with van der Waals surface area (Å²) >= 11 is 0. The van der Waals surface area contributed by atoms with Crippen molar-refractivity contribution < 1.29 is 4.79 Å². The van der Waals surface area contributed by atoms with E-state index in [0.717, 1.165) is 17.7 Å². The van der Waals surface area contributed by atoms with Crippen molar-refractivity contribution in [2.45, 2.75) is 13.8 Å². The van der Waals surface area contributed by atoms with Gasteiger partial charge >= 0.3 is 0 Å². The van der Waals surface area contributed by atoms with Gasteiger partial charge in [-0.1, -0.05) is 12.1 Å². The second kappa shape index (κ2) is 3.73. The van der Waals surface area contributed by atoms with Crippen LogP contribution in [0.3, 0.4) is 0 Å². The molecule has 0 N–H and O–H groups in total. The van der Waals surface area contributed by atoms with Crippen LogP contribution in [0, 0.1) is 13.8 Å². The number of carbonyl (C=O) groups excluding carboxylic acids is 1.